The SMILES string of the molecule is COc1ccc(C2SC[C@@H](C(=O)O)N2C(=O)CCCCCCC(=O)O)cc1. The summed E-state index contributed by atoms with van der Waals surface area (Å²) in [6.45, 7) is 0. The molecule has 2 atom stereocenters. The molecular weight excluding hydrogens is 370 g/mol. The third-order valence-electron chi connectivity index (χ3n) is 4.51. The molecule has 1 aromatic carbocycles. The molecule has 1 saturated heterocycles. The van der Waals surface area contributed by atoms with Crippen LogP contribution in [0.4, 0.5) is 0 Å². The van der Waals surface area contributed by atoms with Crippen LogP contribution in [0, 0.1) is 0 Å². The van der Waals surface area contributed by atoms with E-state index in [9.17, 15) is 19.5 Å². The van der Waals surface area contributed by atoms with Gasteiger partial charge in [-0.05, 0) is 30.5 Å². The predicted octanol–water partition coefficient (Wildman–Crippen LogP) is 3.15. The number of methoxy groups -OCH3 is 1. The molecule has 1 heterocycles. The molecule has 0 saturated carbocycles. The Balaban J connectivity index is 1.98. The molecule has 2 rings (SSSR count). The van der Waals surface area contributed by atoms with Crippen LogP contribution < -0.4 is 4.74 Å². The monoisotopic (exact) mass is 395 g/mol. The third kappa shape index (κ3) is 5.89. The zero-order chi connectivity index (χ0) is 19.8. The summed E-state index contributed by atoms with van der Waals surface area (Å²) in [7, 11) is 1.58. The first-order chi connectivity index (χ1) is 12.9. The average molecular weight is 395 g/mol. The first kappa shape index (κ1) is 21.1. The van der Waals surface area contributed by atoms with Crippen LogP contribution in [0.5, 0.6) is 5.75 Å². The van der Waals surface area contributed by atoms with E-state index in [1.165, 1.54) is 16.7 Å². The number of carboxylic acid groups (broad SMARTS) is 2. The fourth-order valence-electron chi connectivity index (χ4n) is 3.06. The highest BCUT2D eigenvalue weighted by Crippen LogP contribution is 2.42. The smallest absolute Gasteiger partial charge is 0.327 e. The molecule has 1 aliphatic heterocycles. The molecule has 148 valence electrons. The third-order valence-corrected chi connectivity index (χ3v) is 5.83. The van der Waals surface area contributed by atoms with Crippen molar-refractivity contribution in [2.75, 3.05) is 12.9 Å². The van der Waals surface area contributed by atoms with Gasteiger partial charge in [0.05, 0.1) is 7.11 Å². The molecule has 1 aromatic rings. The summed E-state index contributed by atoms with van der Waals surface area (Å²) in [5.74, 6) is -0.918. The largest absolute Gasteiger partial charge is 0.497 e. The van der Waals surface area contributed by atoms with Gasteiger partial charge in [0.2, 0.25) is 5.91 Å². The zero-order valence-corrected chi connectivity index (χ0v) is 16.1. The van der Waals surface area contributed by atoms with Gasteiger partial charge in [-0.1, -0.05) is 25.0 Å². The highest BCUT2D eigenvalue weighted by atomic mass is 32.2. The predicted molar refractivity (Wildman–Crippen MR) is 102 cm³/mol. The lowest BCUT2D eigenvalue weighted by Gasteiger charge is -2.28. The average Bonchev–Trinajstić information content (AvgIpc) is 3.09. The van der Waals surface area contributed by atoms with E-state index < -0.39 is 18.0 Å². The Kier molecular flexibility index (Phi) is 7.97. The van der Waals surface area contributed by atoms with E-state index in [-0.39, 0.29) is 24.1 Å². The van der Waals surface area contributed by atoms with Gasteiger partial charge in [-0.3, -0.25) is 9.59 Å². The van der Waals surface area contributed by atoms with Gasteiger partial charge in [-0.2, -0.15) is 0 Å². The minimum atomic E-state index is -0.992. The van der Waals surface area contributed by atoms with E-state index in [4.69, 9.17) is 9.84 Å². The van der Waals surface area contributed by atoms with Gasteiger partial charge < -0.3 is 19.8 Å². The summed E-state index contributed by atoms with van der Waals surface area (Å²) in [4.78, 5) is 36.3. The molecular formula is C19H25NO6S. The number of hydrogen-bond donors (Lipinski definition) is 2. The van der Waals surface area contributed by atoms with Crippen molar-refractivity contribution in [3.8, 4) is 5.75 Å². The van der Waals surface area contributed by atoms with E-state index in [0.29, 0.717) is 24.3 Å². The standard InChI is InChI=1S/C19H25NO6S/c1-26-14-10-8-13(9-11-14)18-20(15(12-27-18)19(24)25)16(21)6-4-2-3-5-7-17(22)23/h8-11,15,18H,2-7,12H2,1H3,(H,22,23)(H,24,25)/t15-,18?/m0/s1. The van der Waals surface area contributed by atoms with E-state index >= 15 is 0 Å². The maximum absolute atomic E-state index is 12.7. The van der Waals surface area contributed by atoms with E-state index in [1.807, 2.05) is 12.1 Å². The Morgan fingerprint density at radius 2 is 1.70 bits per heavy atom. The second-order valence-corrected chi connectivity index (χ2v) is 7.54. The fourth-order valence-corrected chi connectivity index (χ4v) is 4.50. The van der Waals surface area contributed by atoms with Crippen molar-refractivity contribution < 1.29 is 29.3 Å². The summed E-state index contributed by atoms with van der Waals surface area (Å²) in [6.07, 6.45) is 3.13. The lowest BCUT2D eigenvalue weighted by atomic mass is 10.1. The van der Waals surface area contributed by atoms with Gasteiger partial charge in [-0.25, -0.2) is 4.79 Å². The second kappa shape index (κ2) is 10.2. The molecule has 2 N–H and O–H groups in total. The Labute approximate surface area is 162 Å². The number of unbranched alkanes of at least 4 members (excludes halogenated alkanes) is 3. The van der Waals surface area contributed by atoms with Crippen LogP contribution in [0.25, 0.3) is 0 Å². The molecule has 0 aliphatic carbocycles. The van der Waals surface area contributed by atoms with Crippen molar-refractivity contribution in [1.29, 1.82) is 0 Å². The first-order valence-corrected chi connectivity index (χ1v) is 10.00. The van der Waals surface area contributed by atoms with Crippen LogP contribution in [0.2, 0.25) is 0 Å². The van der Waals surface area contributed by atoms with Gasteiger partial charge in [0.25, 0.3) is 0 Å². The van der Waals surface area contributed by atoms with Gasteiger partial charge in [0.15, 0.2) is 0 Å². The molecule has 27 heavy (non-hydrogen) atoms. The van der Waals surface area contributed by atoms with Crippen molar-refractivity contribution in [2.45, 2.75) is 49.9 Å². The normalized spacial score (nSPS) is 19.1. The van der Waals surface area contributed by atoms with Gasteiger partial charge in [0.1, 0.15) is 17.2 Å². The summed E-state index contributed by atoms with van der Waals surface area (Å²) in [6, 6.07) is 6.48. The number of aliphatic carboxylic acids is 2. The summed E-state index contributed by atoms with van der Waals surface area (Å²) < 4.78 is 5.15. The van der Waals surface area contributed by atoms with Crippen LogP contribution >= 0.6 is 11.8 Å². The van der Waals surface area contributed by atoms with Crippen molar-refractivity contribution in [1.82, 2.24) is 4.90 Å². The highest BCUT2D eigenvalue weighted by molar-refractivity contribution is 7.99. The van der Waals surface area contributed by atoms with Crippen LogP contribution in [0.15, 0.2) is 24.3 Å². The van der Waals surface area contributed by atoms with E-state index in [1.54, 1.807) is 19.2 Å². The number of carbonyl (C=O) groups is 3. The molecule has 0 aromatic heterocycles. The molecule has 1 aliphatic rings. The summed E-state index contributed by atoms with van der Waals surface area (Å²) in [5.41, 5.74) is 0.874. The lowest BCUT2D eigenvalue weighted by molar-refractivity contribution is -0.149. The minimum Gasteiger partial charge on any atom is -0.497 e. The molecule has 1 unspecified atom stereocenters. The Morgan fingerprint density at radius 3 is 2.26 bits per heavy atom. The molecule has 8 heteroatoms. The first-order valence-electron chi connectivity index (χ1n) is 8.95. The van der Waals surface area contributed by atoms with Crippen LogP contribution in [0.3, 0.4) is 0 Å². The van der Waals surface area contributed by atoms with Gasteiger partial charge >= 0.3 is 11.9 Å². The van der Waals surface area contributed by atoms with Gasteiger partial charge in [-0.15, -0.1) is 11.8 Å². The highest BCUT2D eigenvalue weighted by Gasteiger charge is 2.41. The maximum Gasteiger partial charge on any atom is 0.327 e. The molecule has 0 radical (unpaired) electrons. The van der Waals surface area contributed by atoms with Crippen LogP contribution in [-0.2, 0) is 14.4 Å². The summed E-state index contributed by atoms with van der Waals surface area (Å²) in [5, 5.41) is 17.8. The molecule has 1 fully saturated rings. The van der Waals surface area contributed by atoms with Crippen molar-refractivity contribution >= 4 is 29.6 Å². The van der Waals surface area contributed by atoms with Crippen molar-refractivity contribution in [3.05, 3.63) is 29.8 Å². The van der Waals surface area contributed by atoms with Gasteiger partial charge in [0, 0.05) is 18.6 Å². The fraction of sp³-hybridized carbons (Fsp3) is 0.526. The lowest BCUT2D eigenvalue weighted by Crippen LogP contribution is -2.42. The number of nitrogens with zero attached hydrogens (tertiary/aromatic N) is 1. The molecule has 7 nitrogen and oxygen atoms in total. The minimum absolute atomic E-state index is 0.136. The number of ether oxygens (including phenoxy) is 1. The van der Waals surface area contributed by atoms with E-state index in [0.717, 1.165) is 18.4 Å². The number of hydrogen-bond acceptors (Lipinski definition) is 5. The number of carboxylic acids is 2. The Hall–Kier alpha value is -2.22. The van der Waals surface area contributed by atoms with Crippen molar-refractivity contribution in [2.24, 2.45) is 0 Å². The molecule has 1 amide bonds. The number of benzene rings is 1. The second-order valence-electron chi connectivity index (χ2n) is 6.42. The maximum atomic E-state index is 12.7. The number of thioether (sulfide) groups is 1. The zero-order valence-electron chi connectivity index (χ0n) is 15.3. The van der Waals surface area contributed by atoms with Crippen molar-refractivity contribution in [3.63, 3.8) is 0 Å². The van der Waals surface area contributed by atoms with Crippen LogP contribution in [0.1, 0.15) is 49.5 Å². The van der Waals surface area contributed by atoms with Crippen LogP contribution in [-0.4, -0.2) is 51.9 Å². The van der Waals surface area contributed by atoms with E-state index in [2.05, 4.69) is 0 Å². The molecule has 0 bridgehead atoms. The Morgan fingerprint density at radius 1 is 1.07 bits per heavy atom. The topological polar surface area (TPSA) is 104 Å². The number of carbonyl (C=O) groups excluding carboxylic acids is 1. The summed E-state index contributed by atoms with van der Waals surface area (Å²) >= 11 is 1.45. The molecule has 0 spiro atoms. The quantitative estimate of drug-likeness (QED) is 0.586. The number of amides is 1. The number of rotatable bonds is 10. The Bertz CT molecular complexity index is 663.